The molecule has 2 heterocycles. The van der Waals surface area contributed by atoms with E-state index < -0.39 is 0 Å². The van der Waals surface area contributed by atoms with E-state index >= 15 is 0 Å². The average molecular weight is 292 g/mol. The van der Waals surface area contributed by atoms with E-state index in [1.165, 1.54) is 0 Å². The molecule has 2 rings (SSSR count). The summed E-state index contributed by atoms with van der Waals surface area (Å²) in [6.45, 7) is 6.36. The van der Waals surface area contributed by atoms with E-state index in [0.29, 0.717) is 5.92 Å². The molecule has 108 valence electrons. The van der Waals surface area contributed by atoms with Crippen LogP contribution in [0.1, 0.15) is 18.9 Å². The maximum absolute atomic E-state index is 5.30. The van der Waals surface area contributed by atoms with E-state index in [1.54, 1.807) is 30.8 Å². The molecule has 0 aliphatic carbocycles. The molecular formula is C14H20N4OS. The molecule has 0 fully saturated rings. The smallest absolute Gasteiger partial charge is 0.151 e. The van der Waals surface area contributed by atoms with Crippen LogP contribution in [0.3, 0.4) is 0 Å². The molecule has 6 heteroatoms. The van der Waals surface area contributed by atoms with E-state index in [0.717, 1.165) is 40.8 Å². The number of methoxy groups -OCH3 is 1. The van der Waals surface area contributed by atoms with E-state index in [1.807, 2.05) is 6.07 Å². The Balaban J connectivity index is 1.98. The van der Waals surface area contributed by atoms with Crippen LogP contribution in [0.5, 0.6) is 5.75 Å². The molecule has 0 atom stereocenters. The molecule has 20 heavy (non-hydrogen) atoms. The first-order valence-corrected chi connectivity index (χ1v) is 7.54. The van der Waals surface area contributed by atoms with Crippen molar-refractivity contribution in [2.24, 2.45) is 5.92 Å². The molecule has 0 saturated heterocycles. The summed E-state index contributed by atoms with van der Waals surface area (Å²) >= 11 is 1.60. The third-order valence-corrected chi connectivity index (χ3v) is 3.79. The van der Waals surface area contributed by atoms with Gasteiger partial charge in [-0.25, -0.2) is 0 Å². The summed E-state index contributed by atoms with van der Waals surface area (Å²) in [4.78, 5) is 4.05. The summed E-state index contributed by atoms with van der Waals surface area (Å²) in [5, 5.41) is 13.8. The van der Waals surface area contributed by atoms with Crippen LogP contribution in [-0.2, 0) is 6.42 Å². The van der Waals surface area contributed by atoms with Gasteiger partial charge in [-0.15, -0.1) is 10.2 Å². The van der Waals surface area contributed by atoms with Gasteiger partial charge in [0, 0.05) is 19.2 Å². The maximum atomic E-state index is 5.30. The maximum Gasteiger partial charge on any atom is 0.151 e. The zero-order valence-corrected chi connectivity index (χ0v) is 12.9. The fourth-order valence-corrected chi connectivity index (χ4v) is 2.64. The van der Waals surface area contributed by atoms with E-state index in [-0.39, 0.29) is 0 Å². The molecule has 0 radical (unpaired) electrons. The first-order valence-electron chi connectivity index (χ1n) is 6.72. The lowest BCUT2D eigenvalue weighted by atomic mass is 10.2. The summed E-state index contributed by atoms with van der Waals surface area (Å²) in [5.74, 6) is 1.40. The predicted octanol–water partition coefficient (Wildman–Crippen LogP) is 2.40. The van der Waals surface area contributed by atoms with Crippen LogP contribution in [0.2, 0.25) is 0 Å². The van der Waals surface area contributed by atoms with Gasteiger partial charge in [0.15, 0.2) is 5.01 Å². The number of aromatic nitrogens is 3. The lowest BCUT2D eigenvalue weighted by Gasteiger charge is -2.05. The third kappa shape index (κ3) is 3.98. The molecule has 0 unspecified atom stereocenters. The second kappa shape index (κ2) is 7.31. The highest BCUT2D eigenvalue weighted by Gasteiger charge is 2.11. The number of rotatable bonds is 7. The molecule has 5 nitrogen and oxygen atoms in total. The van der Waals surface area contributed by atoms with Crippen LogP contribution in [0.25, 0.3) is 10.6 Å². The van der Waals surface area contributed by atoms with Crippen LogP contribution in [0, 0.1) is 5.92 Å². The molecule has 0 saturated carbocycles. The Hall–Kier alpha value is -1.53. The van der Waals surface area contributed by atoms with Crippen molar-refractivity contribution in [1.29, 1.82) is 0 Å². The molecule has 0 aliphatic heterocycles. The molecule has 2 aromatic rings. The molecule has 2 aromatic heterocycles. The number of pyridine rings is 1. The monoisotopic (exact) mass is 292 g/mol. The van der Waals surface area contributed by atoms with E-state index in [9.17, 15) is 0 Å². The van der Waals surface area contributed by atoms with Gasteiger partial charge in [-0.1, -0.05) is 25.2 Å². The van der Waals surface area contributed by atoms with Crippen LogP contribution < -0.4 is 10.1 Å². The summed E-state index contributed by atoms with van der Waals surface area (Å²) in [6.07, 6.45) is 4.33. The Morgan fingerprint density at radius 1 is 1.35 bits per heavy atom. The summed E-state index contributed by atoms with van der Waals surface area (Å²) < 4.78 is 5.30. The number of hydrogen-bond donors (Lipinski definition) is 1. The number of ether oxygens (including phenoxy) is 1. The summed E-state index contributed by atoms with van der Waals surface area (Å²) in [5.41, 5.74) is 0.946. The Labute approximate surface area is 123 Å². The van der Waals surface area contributed by atoms with Gasteiger partial charge in [-0.3, -0.25) is 4.98 Å². The second-order valence-electron chi connectivity index (χ2n) is 4.92. The Kier molecular flexibility index (Phi) is 5.43. The van der Waals surface area contributed by atoms with Gasteiger partial charge in [0.1, 0.15) is 10.8 Å². The summed E-state index contributed by atoms with van der Waals surface area (Å²) in [6, 6.07) is 1.90. The van der Waals surface area contributed by atoms with Crippen LogP contribution in [0.4, 0.5) is 0 Å². The van der Waals surface area contributed by atoms with E-state index in [2.05, 4.69) is 34.3 Å². The fourth-order valence-electron chi connectivity index (χ4n) is 1.77. The van der Waals surface area contributed by atoms with Gasteiger partial charge in [-0.2, -0.15) is 0 Å². The highest BCUT2D eigenvalue weighted by Crippen LogP contribution is 2.30. The Morgan fingerprint density at radius 3 is 2.95 bits per heavy atom. The van der Waals surface area contributed by atoms with Gasteiger partial charge >= 0.3 is 0 Å². The number of nitrogens with one attached hydrogen (secondary N) is 1. The lowest BCUT2D eigenvalue weighted by molar-refractivity contribution is 0.414. The van der Waals surface area contributed by atoms with Crippen LogP contribution in [0.15, 0.2) is 18.5 Å². The van der Waals surface area contributed by atoms with Crippen molar-refractivity contribution in [1.82, 2.24) is 20.5 Å². The van der Waals surface area contributed by atoms with Crippen molar-refractivity contribution in [2.45, 2.75) is 20.3 Å². The fraction of sp³-hybridized carbons (Fsp3) is 0.500. The van der Waals surface area contributed by atoms with Crippen LogP contribution >= 0.6 is 11.3 Å². The zero-order chi connectivity index (χ0) is 14.4. The van der Waals surface area contributed by atoms with Gasteiger partial charge < -0.3 is 10.1 Å². The molecule has 1 N–H and O–H groups in total. The van der Waals surface area contributed by atoms with Gasteiger partial charge in [0.25, 0.3) is 0 Å². The van der Waals surface area contributed by atoms with Crippen LogP contribution in [-0.4, -0.2) is 35.4 Å². The third-order valence-electron chi connectivity index (χ3n) is 2.77. The minimum Gasteiger partial charge on any atom is -0.494 e. The Morgan fingerprint density at radius 2 is 2.20 bits per heavy atom. The minimum atomic E-state index is 0.668. The van der Waals surface area contributed by atoms with Crippen molar-refractivity contribution < 1.29 is 4.74 Å². The topological polar surface area (TPSA) is 59.9 Å². The molecular weight excluding hydrogens is 272 g/mol. The lowest BCUT2D eigenvalue weighted by Crippen LogP contribution is -2.22. The Bertz CT molecular complexity index is 541. The zero-order valence-electron chi connectivity index (χ0n) is 12.1. The normalized spacial score (nSPS) is 11.0. The first kappa shape index (κ1) is 14.9. The summed E-state index contributed by atoms with van der Waals surface area (Å²) in [7, 11) is 1.64. The first-order chi connectivity index (χ1) is 9.70. The quantitative estimate of drug-likeness (QED) is 0.794. The van der Waals surface area contributed by atoms with Crippen molar-refractivity contribution in [3.63, 3.8) is 0 Å². The minimum absolute atomic E-state index is 0.668. The average Bonchev–Trinajstić information content (AvgIpc) is 2.92. The van der Waals surface area contributed by atoms with Crippen molar-refractivity contribution >= 4 is 11.3 Å². The number of hydrogen-bond acceptors (Lipinski definition) is 6. The SMILES string of the molecule is COc1cnccc1-c1nnc(CCNCC(C)C)s1. The largest absolute Gasteiger partial charge is 0.494 e. The van der Waals surface area contributed by atoms with Crippen molar-refractivity contribution in [3.8, 4) is 16.3 Å². The van der Waals surface area contributed by atoms with Gasteiger partial charge in [0.05, 0.1) is 18.9 Å². The van der Waals surface area contributed by atoms with Gasteiger partial charge in [-0.05, 0) is 18.5 Å². The second-order valence-corrected chi connectivity index (χ2v) is 5.99. The van der Waals surface area contributed by atoms with Crippen molar-refractivity contribution in [3.05, 3.63) is 23.5 Å². The molecule has 0 bridgehead atoms. The molecule has 0 aliphatic rings. The molecule has 0 amide bonds. The predicted molar refractivity (Wildman–Crippen MR) is 81.1 cm³/mol. The number of nitrogens with zero attached hydrogens (tertiary/aromatic N) is 3. The molecule has 0 aromatic carbocycles. The van der Waals surface area contributed by atoms with Crippen molar-refractivity contribution in [2.75, 3.05) is 20.2 Å². The van der Waals surface area contributed by atoms with E-state index in [4.69, 9.17) is 4.74 Å². The standard InChI is InChI=1S/C14H20N4OS/c1-10(2)8-15-7-5-13-17-18-14(20-13)11-4-6-16-9-12(11)19-3/h4,6,9-10,15H,5,7-8H2,1-3H3. The highest BCUT2D eigenvalue weighted by molar-refractivity contribution is 7.14. The highest BCUT2D eigenvalue weighted by atomic mass is 32.1. The molecule has 0 spiro atoms. The van der Waals surface area contributed by atoms with Gasteiger partial charge in [0.2, 0.25) is 0 Å².